The van der Waals surface area contributed by atoms with Gasteiger partial charge in [0.05, 0.1) is 11.1 Å². The van der Waals surface area contributed by atoms with Crippen molar-refractivity contribution in [1.82, 2.24) is 20.6 Å². The van der Waals surface area contributed by atoms with Crippen molar-refractivity contribution >= 4 is 45.1 Å². The molecule has 2 N–H and O–H groups in total. The second-order valence-corrected chi connectivity index (χ2v) is 7.67. The number of nitrogens with one attached hydrogen (secondary N) is 2. The SMILES string of the molecule is Cn1nc(C(=O)NNC(=O)CSc2ccc3ccccc3c2)c2ccccc2c1=O. The molecule has 0 fully saturated rings. The lowest BCUT2D eigenvalue weighted by atomic mass is 10.1. The summed E-state index contributed by atoms with van der Waals surface area (Å²) in [5.41, 5.74) is 4.55. The van der Waals surface area contributed by atoms with Crippen molar-refractivity contribution in [3.8, 4) is 0 Å². The molecule has 0 aliphatic heterocycles. The van der Waals surface area contributed by atoms with Gasteiger partial charge in [0.1, 0.15) is 0 Å². The maximum Gasteiger partial charge on any atom is 0.290 e. The Morgan fingerprint density at radius 2 is 1.63 bits per heavy atom. The number of hydrogen-bond donors (Lipinski definition) is 2. The first-order valence-electron chi connectivity index (χ1n) is 9.20. The third-order valence-corrected chi connectivity index (χ3v) is 5.57. The van der Waals surface area contributed by atoms with Gasteiger partial charge in [-0.3, -0.25) is 25.2 Å². The Hall–Kier alpha value is -3.65. The molecule has 0 radical (unpaired) electrons. The topological polar surface area (TPSA) is 93.1 Å². The van der Waals surface area contributed by atoms with Gasteiger partial charge >= 0.3 is 0 Å². The number of nitrogens with zero attached hydrogens (tertiary/aromatic N) is 2. The molecule has 0 spiro atoms. The number of benzene rings is 3. The van der Waals surface area contributed by atoms with E-state index in [0.29, 0.717) is 10.8 Å². The second-order valence-electron chi connectivity index (χ2n) is 6.62. The van der Waals surface area contributed by atoms with Crippen LogP contribution in [0.15, 0.2) is 76.4 Å². The Balaban J connectivity index is 1.40. The number of fused-ring (bicyclic) bond motifs is 2. The van der Waals surface area contributed by atoms with Crippen molar-refractivity contribution in [2.75, 3.05) is 5.75 Å². The van der Waals surface area contributed by atoms with Crippen LogP contribution in [0, 0.1) is 0 Å². The van der Waals surface area contributed by atoms with Crippen LogP contribution in [-0.4, -0.2) is 27.3 Å². The Bertz CT molecular complexity index is 1330. The van der Waals surface area contributed by atoms with E-state index in [-0.39, 0.29) is 22.9 Å². The van der Waals surface area contributed by atoms with Crippen LogP contribution < -0.4 is 16.4 Å². The number of aromatic nitrogens is 2. The molecule has 0 unspecified atom stereocenters. The fourth-order valence-electron chi connectivity index (χ4n) is 3.10. The minimum atomic E-state index is -0.592. The summed E-state index contributed by atoms with van der Waals surface area (Å²) in [6.07, 6.45) is 0. The molecule has 150 valence electrons. The van der Waals surface area contributed by atoms with Gasteiger partial charge in [-0.2, -0.15) is 5.10 Å². The fourth-order valence-corrected chi connectivity index (χ4v) is 3.84. The van der Waals surface area contributed by atoms with Crippen molar-refractivity contribution in [1.29, 1.82) is 0 Å². The number of hydrogen-bond acceptors (Lipinski definition) is 5. The predicted octanol–water partition coefficient (Wildman–Crippen LogP) is 2.64. The first kappa shape index (κ1) is 19.7. The Morgan fingerprint density at radius 3 is 2.43 bits per heavy atom. The Kier molecular flexibility index (Phi) is 5.49. The standard InChI is InChI=1S/C22H18N4O3S/c1-26-22(29)18-9-5-4-8-17(18)20(25-26)21(28)24-23-19(27)13-30-16-11-10-14-6-2-3-7-15(14)12-16/h2-12H,13H2,1H3,(H,23,27)(H,24,28). The van der Waals surface area contributed by atoms with Crippen LogP contribution in [0.25, 0.3) is 21.5 Å². The Morgan fingerprint density at radius 1 is 0.933 bits per heavy atom. The summed E-state index contributed by atoms with van der Waals surface area (Å²) >= 11 is 1.37. The van der Waals surface area contributed by atoms with Gasteiger partial charge in [0.15, 0.2) is 5.69 Å². The van der Waals surface area contributed by atoms with Crippen LogP contribution in [0.5, 0.6) is 0 Å². The van der Waals surface area contributed by atoms with Crippen LogP contribution in [0.1, 0.15) is 10.5 Å². The highest BCUT2D eigenvalue weighted by Gasteiger charge is 2.16. The lowest BCUT2D eigenvalue weighted by Crippen LogP contribution is -2.43. The molecule has 7 nitrogen and oxygen atoms in total. The second kappa shape index (κ2) is 8.38. The number of amides is 2. The van der Waals surface area contributed by atoms with Crippen molar-refractivity contribution in [2.45, 2.75) is 4.90 Å². The van der Waals surface area contributed by atoms with Crippen LogP contribution in [-0.2, 0) is 11.8 Å². The van der Waals surface area contributed by atoms with Crippen molar-refractivity contribution in [3.63, 3.8) is 0 Å². The van der Waals surface area contributed by atoms with Gasteiger partial charge in [0.2, 0.25) is 5.91 Å². The average molecular weight is 418 g/mol. The Labute approximate surface area is 176 Å². The number of rotatable bonds is 4. The van der Waals surface area contributed by atoms with E-state index in [0.717, 1.165) is 20.3 Å². The molecule has 0 atom stereocenters. The fraction of sp³-hybridized carbons (Fsp3) is 0.0909. The zero-order valence-electron chi connectivity index (χ0n) is 16.1. The molecule has 3 aromatic carbocycles. The molecule has 4 aromatic rings. The zero-order chi connectivity index (χ0) is 21.1. The molecule has 0 bridgehead atoms. The minimum Gasteiger partial charge on any atom is -0.272 e. The quantitative estimate of drug-likeness (QED) is 0.393. The summed E-state index contributed by atoms with van der Waals surface area (Å²) in [7, 11) is 1.48. The van der Waals surface area contributed by atoms with Gasteiger partial charge in [0.25, 0.3) is 11.5 Å². The third-order valence-electron chi connectivity index (χ3n) is 4.58. The highest BCUT2D eigenvalue weighted by atomic mass is 32.2. The number of aryl methyl sites for hydroxylation is 1. The van der Waals surface area contributed by atoms with Gasteiger partial charge < -0.3 is 0 Å². The first-order chi connectivity index (χ1) is 14.5. The first-order valence-corrected chi connectivity index (χ1v) is 10.2. The van der Waals surface area contributed by atoms with Crippen LogP contribution in [0.4, 0.5) is 0 Å². The molecule has 0 saturated heterocycles. The molecular weight excluding hydrogens is 400 g/mol. The minimum absolute atomic E-state index is 0.0650. The number of carbonyl (C=O) groups excluding carboxylic acids is 2. The molecule has 4 rings (SSSR count). The molecule has 2 amide bonds. The highest BCUT2D eigenvalue weighted by molar-refractivity contribution is 8.00. The summed E-state index contributed by atoms with van der Waals surface area (Å²) in [5, 5.41) is 7.09. The molecule has 0 aliphatic rings. The summed E-state index contributed by atoms with van der Waals surface area (Å²) in [4.78, 5) is 37.8. The van der Waals surface area contributed by atoms with Gasteiger partial charge in [-0.05, 0) is 29.0 Å². The van der Waals surface area contributed by atoms with E-state index in [4.69, 9.17) is 0 Å². The van der Waals surface area contributed by atoms with Crippen LogP contribution >= 0.6 is 11.8 Å². The number of thioether (sulfide) groups is 1. The van der Waals surface area contributed by atoms with Crippen molar-refractivity contribution in [2.24, 2.45) is 7.05 Å². The van der Waals surface area contributed by atoms with Crippen LogP contribution in [0.2, 0.25) is 0 Å². The number of hydrazine groups is 1. The van der Waals surface area contributed by atoms with Crippen molar-refractivity contribution in [3.05, 3.63) is 82.8 Å². The summed E-state index contributed by atoms with van der Waals surface area (Å²) in [6.45, 7) is 0. The molecule has 30 heavy (non-hydrogen) atoms. The van der Waals surface area contributed by atoms with E-state index in [1.54, 1.807) is 24.3 Å². The van der Waals surface area contributed by atoms with Crippen molar-refractivity contribution < 1.29 is 9.59 Å². The lowest BCUT2D eigenvalue weighted by molar-refractivity contribution is -0.119. The zero-order valence-corrected chi connectivity index (χ0v) is 16.9. The molecule has 0 saturated carbocycles. The molecule has 8 heteroatoms. The van der Waals surface area contributed by atoms with E-state index in [2.05, 4.69) is 16.0 Å². The number of carbonyl (C=O) groups is 2. The third kappa shape index (κ3) is 4.04. The average Bonchev–Trinajstić information content (AvgIpc) is 2.78. The van der Waals surface area contributed by atoms with E-state index in [1.807, 2.05) is 42.5 Å². The smallest absolute Gasteiger partial charge is 0.272 e. The lowest BCUT2D eigenvalue weighted by Gasteiger charge is -2.10. The normalized spacial score (nSPS) is 10.8. The van der Waals surface area contributed by atoms with Gasteiger partial charge in [0, 0.05) is 17.3 Å². The van der Waals surface area contributed by atoms with Gasteiger partial charge in [-0.25, -0.2) is 4.68 Å². The highest BCUT2D eigenvalue weighted by Crippen LogP contribution is 2.23. The predicted molar refractivity (Wildman–Crippen MR) is 117 cm³/mol. The maximum absolute atomic E-state index is 12.5. The molecule has 1 heterocycles. The van der Waals surface area contributed by atoms with Crippen LogP contribution in [0.3, 0.4) is 0 Å². The molecule has 0 aliphatic carbocycles. The monoisotopic (exact) mass is 418 g/mol. The van der Waals surface area contributed by atoms with E-state index in [9.17, 15) is 14.4 Å². The molecular formula is C22H18N4O3S. The van der Waals surface area contributed by atoms with Gasteiger partial charge in [-0.1, -0.05) is 48.5 Å². The summed E-state index contributed by atoms with van der Waals surface area (Å²) < 4.78 is 1.11. The molecule has 1 aromatic heterocycles. The van der Waals surface area contributed by atoms with E-state index < -0.39 is 5.91 Å². The summed E-state index contributed by atoms with van der Waals surface area (Å²) in [5.74, 6) is -0.804. The van der Waals surface area contributed by atoms with E-state index in [1.165, 1.54) is 18.8 Å². The van der Waals surface area contributed by atoms with Gasteiger partial charge in [-0.15, -0.1) is 11.8 Å². The largest absolute Gasteiger partial charge is 0.290 e. The maximum atomic E-state index is 12.5. The van der Waals surface area contributed by atoms with E-state index >= 15 is 0 Å². The summed E-state index contributed by atoms with van der Waals surface area (Å²) in [6, 6.07) is 20.7.